The van der Waals surface area contributed by atoms with Crippen LogP contribution in [0.2, 0.25) is 0 Å². The van der Waals surface area contributed by atoms with E-state index in [1.54, 1.807) is 0 Å². The Balaban J connectivity index is 1.57. The summed E-state index contributed by atoms with van der Waals surface area (Å²) in [5.41, 5.74) is 5.63. The zero-order valence-corrected chi connectivity index (χ0v) is 19.3. The van der Waals surface area contributed by atoms with E-state index in [0.29, 0.717) is 0 Å². The molecule has 0 saturated carbocycles. The van der Waals surface area contributed by atoms with Crippen molar-refractivity contribution in [2.45, 2.75) is 5.41 Å². The van der Waals surface area contributed by atoms with Crippen molar-refractivity contribution in [2.24, 2.45) is 0 Å². The van der Waals surface area contributed by atoms with Crippen molar-refractivity contribution < 1.29 is 4.79 Å². The first kappa shape index (κ1) is 22.2. The molecule has 0 aliphatic heterocycles. The highest BCUT2D eigenvalue weighted by atomic mass is 16.2. The first-order valence-corrected chi connectivity index (χ1v) is 11.7. The molecular formula is C32H26N2O. The van der Waals surface area contributed by atoms with Crippen molar-refractivity contribution in [3.8, 4) is 0 Å². The molecule has 0 heterocycles. The number of carbonyl (C=O) groups excluding carboxylic acids is 1. The zero-order valence-electron chi connectivity index (χ0n) is 19.3. The molecule has 2 N–H and O–H groups in total. The summed E-state index contributed by atoms with van der Waals surface area (Å²) < 4.78 is 0. The van der Waals surface area contributed by atoms with Crippen molar-refractivity contribution in [1.82, 2.24) is 0 Å². The van der Waals surface area contributed by atoms with Gasteiger partial charge in [0.05, 0.1) is 5.41 Å². The molecule has 5 aromatic carbocycles. The molecular weight excluding hydrogens is 428 g/mol. The maximum atomic E-state index is 12.5. The Hall–Kier alpha value is -4.63. The molecule has 3 heteroatoms. The summed E-state index contributed by atoms with van der Waals surface area (Å²) in [5, 5.41) is 5.80. The minimum absolute atomic E-state index is 0.274. The lowest BCUT2D eigenvalue weighted by molar-refractivity contribution is 0.262. The smallest absolute Gasteiger partial charge is 0.308 e. The molecule has 5 rings (SSSR count). The fraction of sp³-hybridized carbons (Fsp3) is 0.0312. The summed E-state index contributed by atoms with van der Waals surface area (Å²) in [6.45, 7) is 0. The van der Waals surface area contributed by atoms with E-state index in [9.17, 15) is 4.79 Å². The maximum Gasteiger partial charge on any atom is 0.323 e. The standard InChI is InChI=1S/C32H26N2O/c35-31(33-29-19-11-4-12-20-29)34-30-23-21-28(22-24-30)32(25-13-5-1-6-14-25,26-15-7-2-8-16-26)27-17-9-3-10-18-27/h1-24H,(H2,33,34,35). The van der Waals surface area contributed by atoms with Crippen LogP contribution < -0.4 is 10.6 Å². The van der Waals surface area contributed by atoms with Crippen LogP contribution in [0.4, 0.5) is 16.2 Å². The minimum atomic E-state index is -0.505. The molecule has 170 valence electrons. The normalized spacial score (nSPS) is 11.0. The number of anilines is 2. The third-order valence-electron chi connectivity index (χ3n) is 6.23. The van der Waals surface area contributed by atoms with Gasteiger partial charge in [-0.05, 0) is 46.5 Å². The Morgan fingerprint density at radius 1 is 0.400 bits per heavy atom. The van der Waals surface area contributed by atoms with Crippen molar-refractivity contribution in [3.63, 3.8) is 0 Å². The summed E-state index contributed by atoms with van der Waals surface area (Å²) in [6, 6.07) is 49.0. The average molecular weight is 455 g/mol. The van der Waals surface area contributed by atoms with Crippen molar-refractivity contribution in [3.05, 3.63) is 168 Å². The first-order valence-electron chi connectivity index (χ1n) is 11.7. The molecule has 0 fully saturated rings. The second kappa shape index (κ2) is 10.1. The van der Waals surface area contributed by atoms with E-state index in [0.717, 1.165) is 16.9 Å². The monoisotopic (exact) mass is 454 g/mol. The summed E-state index contributed by atoms with van der Waals surface area (Å²) in [4.78, 5) is 12.5. The fourth-order valence-corrected chi connectivity index (χ4v) is 4.68. The minimum Gasteiger partial charge on any atom is -0.308 e. The van der Waals surface area contributed by atoms with Crippen molar-refractivity contribution in [2.75, 3.05) is 10.6 Å². The van der Waals surface area contributed by atoms with Gasteiger partial charge in [-0.3, -0.25) is 0 Å². The van der Waals surface area contributed by atoms with Gasteiger partial charge in [-0.1, -0.05) is 121 Å². The lowest BCUT2D eigenvalue weighted by Gasteiger charge is -2.37. The molecule has 0 aliphatic rings. The van der Waals surface area contributed by atoms with Gasteiger partial charge in [0.2, 0.25) is 0 Å². The van der Waals surface area contributed by atoms with Gasteiger partial charge in [0.15, 0.2) is 0 Å². The zero-order chi connectivity index (χ0) is 23.9. The van der Waals surface area contributed by atoms with E-state index >= 15 is 0 Å². The number of para-hydroxylation sites is 1. The Kier molecular flexibility index (Phi) is 6.40. The number of nitrogens with one attached hydrogen (secondary N) is 2. The van der Waals surface area contributed by atoms with E-state index in [2.05, 4.69) is 95.6 Å². The predicted molar refractivity (Wildman–Crippen MR) is 144 cm³/mol. The van der Waals surface area contributed by atoms with Gasteiger partial charge in [0, 0.05) is 11.4 Å². The van der Waals surface area contributed by atoms with Crippen LogP contribution in [0.3, 0.4) is 0 Å². The Morgan fingerprint density at radius 3 is 1.11 bits per heavy atom. The number of amides is 2. The quantitative estimate of drug-likeness (QED) is 0.253. The molecule has 35 heavy (non-hydrogen) atoms. The van der Waals surface area contributed by atoms with Gasteiger partial charge >= 0.3 is 6.03 Å². The number of carbonyl (C=O) groups is 1. The molecule has 0 aliphatic carbocycles. The van der Waals surface area contributed by atoms with Crippen LogP contribution in [-0.4, -0.2) is 6.03 Å². The van der Waals surface area contributed by atoms with Crippen molar-refractivity contribution in [1.29, 1.82) is 0 Å². The topological polar surface area (TPSA) is 41.1 Å². The lowest BCUT2D eigenvalue weighted by atomic mass is 9.65. The van der Waals surface area contributed by atoms with E-state index in [1.165, 1.54) is 16.7 Å². The summed E-state index contributed by atoms with van der Waals surface area (Å²) >= 11 is 0. The highest BCUT2D eigenvalue weighted by Gasteiger charge is 2.38. The summed E-state index contributed by atoms with van der Waals surface area (Å²) in [7, 11) is 0. The third-order valence-corrected chi connectivity index (χ3v) is 6.23. The molecule has 0 aromatic heterocycles. The molecule has 0 unspecified atom stereocenters. The predicted octanol–water partition coefficient (Wildman–Crippen LogP) is 7.71. The van der Waals surface area contributed by atoms with Crippen LogP contribution in [0.1, 0.15) is 22.3 Å². The molecule has 0 spiro atoms. The highest BCUT2D eigenvalue weighted by Crippen LogP contribution is 2.45. The van der Waals surface area contributed by atoms with Gasteiger partial charge in [0.25, 0.3) is 0 Å². The molecule has 0 saturated heterocycles. The van der Waals surface area contributed by atoms with Crippen LogP contribution in [0, 0.1) is 0 Å². The second-order valence-corrected chi connectivity index (χ2v) is 8.37. The number of urea groups is 1. The molecule has 0 radical (unpaired) electrons. The van der Waals surface area contributed by atoms with E-state index in [-0.39, 0.29) is 6.03 Å². The number of hydrogen-bond acceptors (Lipinski definition) is 1. The van der Waals surface area contributed by atoms with Crippen LogP contribution >= 0.6 is 0 Å². The van der Waals surface area contributed by atoms with Gasteiger partial charge in [-0.2, -0.15) is 0 Å². The van der Waals surface area contributed by atoms with E-state index in [1.807, 2.05) is 60.7 Å². The number of rotatable bonds is 6. The Morgan fingerprint density at radius 2 is 0.714 bits per heavy atom. The van der Waals surface area contributed by atoms with Crippen LogP contribution in [0.5, 0.6) is 0 Å². The molecule has 2 amide bonds. The molecule has 5 aromatic rings. The van der Waals surface area contributed by atoms with Crippen molar-refractivity contribution >= 4 is 17.4 Å². The van der Waals surface area contributed by atoms with Gasteiger partial charge in [-0.25, -0.2) is 4.79 Å². The van der Waals surface area contributed by atoms with E-state index < -0.39 is 5.41 Å². The first-order chi connectivity index (χ1) is 17.3. The summed E-state index contributed by atoms with van der Waals surface area (Å²) in [5.74, 6) is 0. The lowest BCUT2D eigenvalue weighted by Crippen LogP contribution is -2.31. The average Bonchev–Trinajstić information content (AvgIpc) is 2.92. The number of hydrogen-bond donors (Lipinski definition) is 2. The van der Waals surface area contributed by atoms with Gasteiger partial charge in [-0.15, -0.1) is 0 Å². The number of benzene rings is 5. The third kappa shape index (κ3) is 4.57. The highest BCUT2D eigenvalue weighted by molar-refractivity contribution is 5.99. The van der Waals surface area contributed by atoms with Gasteiger partial charge < -0.3 is 10.6 Å². The Bertz CT molecular complexity index is 1270. The fourth-order valence-electron chi connectivity index (χ4n) is 4.68. The maximum absolute atomic E-state index is 12.5. The van der Waals surface area contributed by atoms with Gasteiger partial charge in [0.1, 0.15) is 0 Å². The molecule has 3 nitrogen and oxygen atoms in total. The SMILES string of the molecule is O=C(Nc1ccccc1)Nc1ccc(C(c2ccccc2)(c2ccccc2)c2ccccc2)cc1. The van der Waals surface area contributed by atoms with E-state index in [4.69, 9.17) is 0 Å². The van der Waals surface area contributed by atoms with Crippen LogP contribution in [0.25, 0.3) is 0 Å². The van der Waals surface area contributed by atoms with Crippen LogP contribution in [-0.2, 0) is 5.41 Å². The largest absolute Gasteiger partial charge is 0.323 e. The second-order valence-electron chi connectivity index (χ2n) is 8.37. The molecule has 0 bridgehead atoms. The summed E-state index contributed by atoms with van der Waals surface area (Å²) in [6.07, 6.45) is 0. The van der Waals surface area contributed by atoms with Crippen LogP contribution in [0.15, 0.2) is 146 Å². The molecule has 0 atom stereocenters. The Labute approximate surface area is 206 Å².